The van der Waals surface area contributed by atoms with E-state index in [9.17, 15) is 0 Å². The number of imidazole rings is 1. The highest BCUT2D eigenvalue weighted by Gasteiger charge is 2.00. The summed E-state index contributed by atoms with van der Waals surface area (Å²) in [5.74, 6) is 0. The Balaban J connectivity index is 2.04. The smallest absolute Gasteiger partial charge is 0.0992 e. The number of pyridine rings is 1. The Labute approximate surface area is 93.4 Å². The second-order valence-electron chi connectivity index (χ2n) is 3.60. The van der Waals surface area contributed by atoms with Crippen LogP contribution < -0.4 is 5.32 Å². The average molecular weight is 209 g/mol. The van der Waals surface area contributed by atoms with Crippen LogP contribution in [-0.4, -0.2) is 9.38 Å². The molecule has 0 aliphatic rings. The lowest BCUT2D eigenvalue weighted by Gasteiger charge is -2.07. The maximum Gasteiger partial charge on any atom is 0.0992 e. The number of hydrogen-bond acceptors (Lipinski definition) is 2. The highest BCUT2D eigenvalue weighted by Crippen LogP contribution is 2.20. The van der Waals surface area contributed by atoms with Gasteiger partial charge in [0.25, 0.3) is 0 Å². The average Bonchev–Trinajstić information content (AvgIpc) is 2.80. The van der Waals surface area contributed by atoms with Crippen LogP contribution in [0.3, 0.4) is 0 Å². The fraction of sp³-hybridized carbons (Fsp3) is 0. The van der Waals surface area contributed by atoms with Crippen molar-refractivity contribution in [3.63, 3.8) is 0 Å². The van der Waals surface area contributed by atoms with Crippen molar-refractivity contribution in [1.29, 1.82) is 0 Å². The van der Waals surface area contributed by atoms with Gasteiger partial charge in [0.2, 0.25) is 0 Å². The summed E-state index contributed by atoms with van der Waals surface area (Å²) >= 11 is 0. The standard InChI is InChI=1S/C13H11N3/c1-2-5-11(6-3-1)15-12-7-4-8-16-10-14-9-13(12)16/h1-10,15H. The van der Waals surface area contributed by atoms with Crippen LogP contribution in [-0.2, 0) is 0 Å². The van der Waals surface area contributed by atoms with Crippen molar-refractivity contribution >= 4 is 16.9 Å². The van der Waals surface area contributed by atoms with Gasteiger partial charge in [0.15, 0.2) is 0 Å². The molecule has 0 aliphatic heterocycles. The van der Waals surface area contributed by atoms with Gasteiger partial charge in [0.1, 0.15) is 0 Å². The van der Waals surface area contributed by atoms with E-state index in [2.05, 4.69) is 10.3 Å². The van der Waals surface area contributed by atoms with E-state index in [4.69, 9.17) is 0 Å². The Morgan fingerprint density at radius 1 is 1.00 bits per heavy atom. The molecule has 0 bridgehead atoms. The quantitative estimate of drug-likeness (QED) is 0.702. The zero-order valence-corrected chi connectivity index (χ0v) is 8.67. The van der Waals surface area contributed by atoms with E-state index in [1.165, 1.54) is 0 Å². The van der Waals surface area contributed by atoms with Crippen LogP contribution in [0.4, 0.5) is 11.4 Å². The molecular formula is C13H11N3. The molecule has 0 radical (unpaired) electrons. The van der Waals surface area contributed by atoms with E-state index in [0.717, 1.165) is 16.9 Å². The van der Waals surface area contributed by atoms with Crippen molar-refractivity contribution in [1.82, 2.24) is 9.38 Å². The van der Waals surface area contributed by atoms with E-state index in [1.807, 2.05) is 59.3 Å². The molecule has 16 heavy (non-hydrogen) atoms. The molecule has 0 aliphatic carbocycles. The molecule has 0 saturated carbocycles. The summed E-state index contributed by atoms with van der Waals surface area (Å²) < 4.78 is 1.99. The van der Waals surface area contributed by atoms with Gasteiger partial charge in [0.05, 0.1) is 23.7 Å². The maximum atomic E-state index is 4.13. The van der Waals surface area contributed by atoms with Crippen LogP contribution in [0.15, 0.2) is 61.2 Å². The number of hydrogen-bond donors (Lipinski definition) is 1. The lowest BCUT2D eigenvalue weighted by molar-refractivity contribution is 1.15. The summed E-state index contributed by atoms with van der Waals surface area (Å²) in [6.07, 6.45) is 5.63. The number of para-hydroxylation sites is 1. The number of aromatic nitrogens is 2. The monoisotopic (exact) mass is 209 g/mol. The van der Waals surface area contributed by atoms with Gasteiger partial charge < -0.3 is 9.72 Å². The van der Waals surface area contributed by atoms with Crippen molar-refractivity contribution < 1.29 is 0 Å². The summed E-state index contributed by atoms with van der Waals surface area (Å²) in [7, 11) is 0. The summed E-state index contributed by atoms with van der Waals surface area (Å²) in [5, 5.41) is 3.37. The largest absolute Gasteiger partial charge is 0.354 e. The second-order valence-corrected chi connectivity index (χ2v) is 3.60. The molecule has 1 aromatic carbocycles. The topological polar surface area (TPSA) is 29.3 Å². The molecule has 3 rings (SSSR count). The van der Waals surface area contributed by atoms with Crippen LogP contribution in [0.25, 0.3) is 5.52 Å². The second kappa shape index (κ2) is 3.70. The Kier molecular flexibility index (Phi) is 2.07. The number of nitrogens with zero attached hydrogens (tertiary/aromatic N) is 2. The molecule has 3 heteroatoms. The first-order valence-electron chi connectivity index (χ1n) is 5.16. The summed E-state index contributed by atoms with van der Waals surface area (Å²) in [5.41, 5.74) is 3.22. The first-order chi connectivity index (χ1) is 7.93. The van der Waals surface area contributed by atoms with Gasteiger partial charge in [-0.15, -0.1) is 0 Å². The molecule has 0 atom stereocenters. The van der Waals surface area contributed by atoms with E-state index >= 15 is 0 Å². The highest BCUT2D eigenvalue weighted by atomic mass is 15.0. The summed E-state index contributed by atoms with van der Waals surface area (Å²) in [6.45, 7) is 0. The van der Waals surface area contributed by atoms with Gasteiger partial charge in [-0.2, -0.15) is 0 Å². The van der Waals surface area contributed by atoms with Gasteiger partial charge in [-0.25, -0.2) is 4.98 Å². The fourth-order valence-electron chi connectivity index (χ4n) is 1.73. The molecule has 2 heterocycles. The Hall–Kier alpha value is -2.29. The SMILES string of the molecule is c1ccc(Nc2cccn3cncc23)cc1. The molecule has 0 fully saturated rings. The number of rotatable bonds is 2. The number of fused-ring (bicyclic) bond motifs is 1. The number of anilines is 2. The van der Waals surface area contributed by atoms with E-state index in [0.29, 0.717) is 0 Å². The maximum absolute atomic E-state index is 4.13. The van der Waals surface area contributed by atoms with Crippen molar-refractivity contribution in [3.8, 4) is 0 Å². The highest BCUT2D eigenvalue weighted by molar-refractivity contribution is 5.76. The van der Waals surface area contributed by atoms with Crippen molar-refractivity contribution in [2.24, 2.45) is 0 Å². The number of nitrogens with one attached hydrogen (secondary N) is 1. The summed E-state index contributed by atoms with van der Waals surface area (Å²) in [4.78, 5) is 4.13. The van der Waals surface area contributed by atoms with Crippen molar-refractivity contribution in [3.05, 3.63) is 61.2 Å². The van der Waals surface area contributed by atoms with E-state index < -0.39 is 0 Å². The van der Waals surface area contributed by atoms with Crippen LogP contribution >= 0.6 is 0 Å². The van der Waals surface area contributed by atoms with E-state index in [1.54, 1.807) is 6.33 Å². The van der Waals surface area contributed by atoms with Gasteiger partial charge >= 0.3 is 0 Å². The third-order valence-corrected chi connectivity index (χ3v) is 2.50. The van der Waals surface area contributed by atoms with Crippen molar-refractivity contribution in [2.75, 3.05) is 5.32 Å². The molecule has 3 aromatic rings. The third kappa shape index (κ3) is 1.52. The molecule has 0 saturated heterocycles. The first-order valence-corrected chi connectivity index (χ1v) is 5.16. The van der Waals surface area contributed by atoms with Gasteiger partial charge in [-0.1, -0.05) is 18.2 Å². The minimum Gasteiger partial charge on any atom is -0.354 e. The third-order valence-electron chi connectivity index (χ3n) is 2.50. The van der Waals surface area contributed by atoms with Gasteiger partial charge in [-0.05, 0) is 24.3 Å². The van der Waals surface area contributed by atoms with Crippen LogP contribution in [0.1, 0.15) is 0 Å². The number of benzene rings is 1. The van der Waals surface area contributed by atoms with E-state index in [-0.39, 0.29) is 0 Å². The molecule has 2 aromatic heterocycles. The van der Waals surface area contributed by atoms with Crippen molar-refractivity contribution in [2.45, 2.75) is 0 Å². The van der Waals surface area contributed by atoms with Crippen LogP contribution in [0.2, 0.25) is 0 Å². The predicted molar refractivity (Wildman–Crippen MR) is 64.9 cm³/mol. The zero-order valence-electron chi connectivity index (χ0n) is 8.67. The van der Waals surface area contributed by atoms with Gasteiger partial charge in [0, 0.05) is 11.9 Å². The lowest BCUT2D eigenvalue weighted by atomic mass is 10.3. The fourth-order valence-corrected chi connectivity index (χ4v) is 1.73. The van der Waals surface area contributed by atoms with Crippen LogP contribution in [0, 0.1) is 0 Å². The zero-order chi connectivity index (χ0) is 10.8. The molecule has 78 valence electrons. The summed E-state index contributed by atoms with van der Waals surface area (Å²) in [6, 6.07) is 14.2. The van der Waals surface area contributed by atoms with Gasteiger partial charge in [-0.3, -0.25) is 0 Å². The predicted octanol–water partition coefficient (Wildman–Crippen LogP) is 3.08. The molecule has 3 nitrogen and oxygen atoms in total. The van der Waals surface area contributed by atoms with Crippen LogP contribution in [0.5, 0.6) is 0 Å². The Bertz CT molecular complexity index is 599. The molecular weight excluding hydrogens is 198 g/mol. The minimum atomic E-state index is 1.06. The molecule has 0 amide bonds. The molecule has 1 N–H and O–H groups in total. The first kappa shape index (κ1) is 8.97. The Morgan fingerprint density at radius 3 is 2.75 bits per heavy atom. The Morgan fingerprint density at radius 2 is 1.88 bits per heavy atom. The molecule has 0 spiro atoms. The lowest BCUT2D eigenvalue weighted by Crippen LogP contribution is -1.92. The minimum absolute atomic E-state index is 1.06. The normalized spacial score (nSPS) is 10.5. The molecule has 0 unspecified atom stereocenters.